The summed E-state index contributed by atoms with van der Waals surface area (Å²) in [7, 11) is 0. The van der Waals surface area contributed by atoms with Crippen LogP contribution in [0.25, 0.3) is 10.2 Å². The van der Waals surface area contributed by atoms with Gasteiger partial charge in [0.25, 0.3) is 5.91 Å². The van der Waals surface area contributed by atoms with Crippen LogP contribution in [0.15, 0.2) is 60.9 Å². The van der Waals surface area contributed by atoms with Crippen molar-refractivity contribution < 1.29 is 4.79 Å². The summed E-state index contributed by atoms with van der Waals surface area (Å²) < 4.78 is 1.09. The largest absolute Gasteiger partial charge is 0.279 e. The smallest absolute Gasteiger partial charge is 0.260 e. The summed E-state index contributed by atoms with van der Waals surface area (Å²) in [6.07, 6.45) is 3.48. The van der Waals surface area contributed by atoms with E-state index in [9.17, 15) is 4.79 Å². The highest BCUT2D eigenvalue weighted by atomic mass is 35.5. The van der Waals surface area contributed by atoms with Crippen LogP contribution >= 0.6 is 22.9 Å². The van der Waals surface area contributed by atoms with Gasteiger partial charge in [0.05, 0.1) is 16.8 Å². The molecule has 0 fully saturated rings. The SMILES string of the molecule is Cc1cc(C)c2sc(N(Cc3cccnc3)C(=O)c3cccc(Cl)c3)nc2c1. The van der Waals surface area contributed by atoms with E-state index in [1.165, 1.54) is 11.3 Å². The van der Waals surface area contributed by atoms with E-state index in [2.05, 4.69) is 31.0 Å². The van der Waals surface area contributed by atoms with Gasteiger partial charge in [-0.05, 0) is 60.9 Å². The minimum atomic E-state index is -0.139. The topological polar surface area (TPSA) is 46.1 Å². The summed E-state index contributed by atoms with van der Waals surface area (Å²) in [5.74, 6) is -0.139. The van der Waals surface area contributed by atoms with Crippen molar-refractivity contribution in [2.45, 2.75) is 20.4 Å². The zero-order valence-corrected chi connectivity index (χ0v) is 17.1. The van der Waals surface area contributed by atoms with Gasteiger partial charge in [0.15, 0.2) is 5.13 Å². The Hall–Kier alpha value is -2.76. The number of nitrogens with zero attached hydrogens (tertiary/aromatic N) is 3. The fourth-order valence-corrected chi connectivity index (χ4v) is 4.36. The van der Waals surface area contributed by atoms with Crippen molar-refractivity contribution >= 4 is 44.2 Å². The molecule has 4 rings (SSSR count). The Morgan fingerprint density at radius 1 is 1.14 bits per heavy atom. The fraction of sp³-hybridized carbons (Fsp3) is 0.136. The van der Waals surface area contributed by atoms with Gasteiger partial charge >= 0.3 is 0 Å². The Kier molecular flexibility index (Phi) is 5.11. The molecule has 4 aromatic rings. The van der Waals surface area contributed by atoms with Gasteiger partial charge < -0.3 is 0 Å². The standard InChI is InChI=1S/C22H18ClN3OS/c1-14-9-15(2)20-19(10-14)25-22(28-20)26(13-16-5-4-8-24-12-16)21(27)17-6-3-7-18(23)11-17/h3-12H,13H2,1-2H3. The third kappa shape index (κ3) is 3.77. The maximum absolute atomic E-state index is 13.3. The molecule has 0 radical (unpaired) electrons. The van der Waals surface area contributed by atoms with Crippen molar-refractivity contribution in [2.75, 3.05) is 4.90 Å². The number of anilines is 1. The number of aromatic nitrogens is 2. The molecule has 0 N–H and O–H groups in total. The van der Waals surface area contributed by atoms with Gasteiger partial charge in [-0.3, -0.25) is 14.7 Å². The molecule has 4 nitrogen and oxygen atoms in total. The molecule has 0 atom stereocenters. The Bertz CT molecular complexity index is 1160. The molecule has 28 heavy (non-hydrogen) atoms. The van der Waals surface area contributed by atoms with Gasteiger partial charge in [-0.1, -0.05) is 41.1 Å². The number of hydrogen-bond donors (Lipinski definition) is 0. The number of aryl methyl sites for hydroxylation is 2. The summed E-state index contributed by atoms with van der Waals surface area (Å²) in [6.45, 7) is 4.51. The normalized spacial score (nSPS) is 11.0. The van der Waals surface area contributed by atoms with Crippen molar-refractivity contribution in [3.63, 3.8) is 0 Å². The second-order valence-electron chi connectivity index (χ2n) is 6.69. The van der Waals surface area contributed by atoms with E-state index in [1.54, 1.807) is 41.6 Å². The van der Waals surface area contributed by atoms with Crippen molar-refractivity contribution in [2.24, 2.45) is 0 Å². The molecule has 0 spiro atoms. The van der Waals surface area contributed by atoms with Crippen LogP contribution in [0.3, 0.4) is 0 Å². The minimum Gasteiger partial charge on any atom is -0.279 e. The van der Waals surface area contributed by atoms with Gasteiger partial charge in [-0.25, -0.2) is 4.98 Å². The Balaban J connectivity index is 1.80. The number of carbonyl (C=O) groups is 1. The van der Waals surface area contributed by atoms with Crippen LogP contribution in [0.5, 0.6) is 0 Å². The first-order valence-corrected chi connectivity index (χ1v) is 10.0. The molecule has 1 amide bonds. The fourth-order valence-electron chi connectivity index (χ4n) is 3.16. The highest BCUT2D eigenvalue weighted by Crippen LogP contribution is 2.33. The van der Waals surface area contributed by atoms with E-state index >= 15 is 0 Å². The van der Waals surface area contributed by atoms with Crippen LogP contribution in [0, 0.1) is 13.8 Å². The van der Waals surface area contributed by atoms with Crippen molar-refractivity contribution in [3.05, 3.63) is 88.2 Å². The number of pyridine rings is 1. The molecule has 2 aromatic carbocycles. The first-order chi connectivity index (χ1) is 13.5. The number of benzene rings is 2. The molecule has 0 bridgehead atoms. The number of hydrogen-bond acceptors (Lipinski definition) is 4. The molecule has 0 saturated heterocycles. The monoisotopic (exact) mass is 407 g/mol. The van der Waals surface area contributed by atoms with E-state index in [0.717, 1.165) is 26.9 Å². The van der Waals surface area contributed by atoms with Crippen molar-refractivity contribution in [1.82, 2.24) is 9.97 Å². The zero-order valence-electron chi connectivity index (χ0n) is 15.5. The average molecular weight is 408 g/mol. The highest BCUT2D eigenvalue weighted by molar-refractivity contribution is 7.22. The molecular weight excluding hydrogens is 390 g/mol. The molecule has 0 saturated carbocycles. The average Bonchev–Trinajstić information content (AvgIpc) is 3.10. The number of rotatable bonds is 4. The van der Waals surface area contributed by atoms with E-state index in [-0.39, 0.29) is 5.91 Å². The van der Waals surface area contributed by atoms with Crippen molar-refractivity contribution in [1.29, 1.82) is 0 Å². The van der Waals surface area contributed by atoms with E-state index < -0.39 is 0 Å². The molecule has 2 heterocycles. The second kappa shape index (κ2) is 7.70. The molecule has 0 unspecified atom stereocenters. The van der Waals surface area contributed by atoms with Gasteiger partial charge in [0.2, 0.25) is 0 Å². The first-order valence-electron chi connectivity index (χ1n) is 8.85. The second-order valence-corrected chi connectivity index (χ2v) is 8.10. The predicted molar refractivity (Wildman–Crippen MR) is 115 cm³/mol. The molecule has 0 aliphatic rings. The van der Waals surface area contributed by atoms with Crippen LogP contribution < -0.4 is 4.90 Å². The third-order valence-corrected chi connectivity index (χ3v) is 5.88. The van der Waals surface area contributed by atoms with Gasteiger partial charge in [-0.15, -0.1) is 0 Å². The lowest BCUT2D eigenvalue weighted by molar-refractivity contribution is 0.0985. The molecule has 0 aliphatic heterocycles. The first kappa shape index (κ1) is 18.6. The predicted octanol–water partition coefficient (Wildman–Crippen LogP) is 5.81. The Morgan fingerprint density at radius 3 is 2.75 bits per heavy atom. The summed E-state index contributed by atoms with van der Waals surface area (Å²) in [6, 6.07) is 15.0. The van der Waals surface area contributed by atoms with Crippen LogP contribution in [0.2, 0.25) is 5.02 Å². The van der Waals surface area contributed by atoms with Crippen LogP contribution in [0.1, 0.15) is 27.0 Å². The third-order valence-electron chi connectivity index (χ3n) is 4.42. The zero-order chi connectivity index (χ0) is 19.7. The number of fused-ring (bicyclic) bond motifs is 1. The lowest BCUT2D eigenvalue weighted by Gasteiger charge is -2.20. The molecule has 6 heteroatoms. The lowest BCUT2D eigenvalue weighted by Crippen LogP contribution is -2.30. The highest BCUT2D eigenvalue weighted by Gasteiger charge is 2.22. The number of thiazole rings is 1. The summed E-state index contributed by atoms with van der Waals surface area (Å²) in [5, 5.41) is 1.19. The summed E-state index contributed by atoms with van der Waals surface area (Å²) >= 11 is 7.64. The minimum absolute atomic E-state index is 0.139. The molecule has 0 aliphatic carbocycles. The number of carbonyl (C=O) groups excluding carboxylic acids is 1. The Morgan fingerprint density at radius 2 is 2.00 bits per heavy atom. The maximum Gasteiger partial charge on any atom is 0.260 e. The molecule has 140 valence electrons. The van der Waals surface area contributed by atoms with Crippen molar-refractivity contribution in [3.8, 4) is 0 Å². The molecular formula is C22H18ClN3OS. The summed E-state index contributed by atoms with van der Waals surface area (Å²) in [4.78, 5) is 24.0. The number of halogens is 1. The van der Waals surface area contributed by atoms with Crippen LogP contribution in [-0.4, -0.2) is 15.9 Å². The Labute approximate surface area is 172 Å². The van der Waals surface area contributed by atoms with Crippen LogP contribution in [0.4, 0.5) is 5.13 Å². The van der Waals surface area contributed by atoms with Crippen LogP contribution in [-0.2, 0) is 6.54 Å². The van der Waals surface area contributed by atoms with Gasteiger partial charge in [0.1, 0.15) is 0 Å². The number of amides is 1. The van der Waals surface area contributed by atoms with E-state index in [1.807, 2.05) is 12.1 Å². The maximum atomic E-state index is 13.3. The summed E-state index contributed by atoms with van der Waals surface area (Å²) in [5.41, 5.74) is 4.69. The van der Waals surface area contributed by atoms with Gasteiger partial charge in [-0.2, -0.15) is 0 Å². The van der Waals surface area contributed by atoms with E-state index in [4.69, 9.17) is 16.6 Å². The van der Waals surface area contributed by atoms with E-state index in [0.29, 0.717) is 22.3 Å². The quantitative estimate of drug-likeness (QED) is 0.429. The molecule has 2 aromatic heterocycles. The lowest BCUT2D eigenvalue weighted by atomic mass is 10.1. The van der Waals surface area contributed by atoms with Gasteiger partial charge in [0, 0.05) is 23.0 Å².